The molecule has 0 aromatic rings. The van der Waals surface area contributed by atoms with Crippen LogP contribution in [0.2, 0.25) is 0 Å². The van der Waals surface area contributed by atoms with E-state index in [2.05, 4.69) is 32.1 Å². The predicted molar refractivity (Wildman–Crippen MR) is 342 cm³/mol. The van der Waals surface area contributed by atoms with Crippen LogP contribution in [0.3, 0.4) is 0 Å². The fraction of sp³-hybridized carbons (Fsp3) is 0.714. The van der Waals surface area contributed by atoms with Gasteiger partial charge in [0, 0.05) is 19.3 Å². The normalized spacial score (nSPS) is 14.8. The van der Waals surface area contributed by atoms with Crippen LogP contribution in [0.15, 0.2) is 72.9 Å². The van der Waals surface area contributed by atoms with E-state index in [4.69, 9.17) is 29.2 Å². The molecule has 502 valence electrons. The molecule has 0 bridgehead atoms. The Morgan fingerprint density at radius 2 is 0.875 bits per heavy atom. The van der Waals surface area contributed by atoms with Gasteiger partial charge in [-0.05, 0) is 101 Å². The highest BCUT2D eigenvalue weighted by Gasteiger charge is 2.30. The number of rotatable bonds is 59. The monoisotopic (exact) mass is 1240 g/mol. The van der Waals surface area contributed by atoms with E-state index in [0.717, 1.165) is 141 Å². The van der Waals surface area contributed by atoms with E-state index in [9.17, 15) is 58.8 Å². The van der Waals surface area contributed by atoms with Gasteiger partial charge in [-0.1, -0.05) is 203 Å². The molecule has 0 radical (unpaired) electrons. The molecular formula is C70H114O18. The van der Waals surface area contributed by atoms with Gasteiger partial charge in [0.25, 0.3) is 0 Å². The van der Waals surface area contributed by atoms with Crippen LogP contribution in [0, 0.1) is 35.5 Å². The summed E-state index contributed by atoms with van der Waals surface area (Å²) in [5.74, 6) is -9.31. The van der Waals surface area contributed by atoms with E-state index in [1.54, 1.807) is 12.2 Å². The van der Waals surface area contributed by atoms with Crippen molar-refractivity contribution in [2.45, 2.75) is 258 Å². The molecular weight excluding hydrogens is 1130 g/mol. The number of hydrogen-bond acceptors (Lipinski definition) is 14. The third kappa shape index (κ3) is 47.2. The van der Waals surface area contributed by atoms with Crippen molar-refractivity contribution in [2.75, 3.05) is 26.4 Å². The number of carbonyl (C=O) groups excluding carboxylic acids is 4. The number of carboxylic acid groups (broad SMARTS) is 4. The third-order valence-corrected chi connectivity index (χ3v) is 15.6. The number of ether oxygens (including phenoxy) is 4. The van der Waals surface area contributed by atoms with Crippen molar-refractivity contribution in [1.29, 1.82) is 0 Å². The predicted octanol–water partition coefficient (Wildman–Crippen LogP) is 14.6. The van der Waals surface area contributed by atoms with Crippen LogP contribution in [0.1, 0.15) is 246 Å². The van der Waals surface area contributed by atoms with Crippen molar-refractivity contribution in [2.24, 2.45) is 35.5 Å². The number of aliphatic hydroxyl groups excluding tert-OH is 2. The van der Waals surface area contributed by atoms with Crippen molar-refractivity contribution in [1.82, 2.24) is 0 Å². The summed E-state index contributed by atoms with van der Waals surface area (Å²) in [5, 5.41) is 56.3. The Hall–Kier alpha value is -5.88. The molecule has 0 spiro atoms. The van der Waals surface area contributed by atoms with E-state index in [0.29, 0.717) is 44.9 Å². The number of hydrogen-bond donors (Lipinski definition) is 6. The first-order valence-corrected chi connectivity index (χ1v) is 33.2. The highest BCUT2D eigenvalue weighted by molar-refractivity contribution is 5.79. The zero-order chi connectivity index (χ0) is 65.4. The Bertz CT molecular complexity index is 2070. The first-order valence-electron chi connectivity index (χ1n) is 33.2. The SMILES string of the molecule is CCCCCCCC(/C=C/CCCCCCC(=O)OC(COC(=O)CCCCCCC/C=C\C=C\C(CCCCC)C(C)C(=O)OCC(O)CO)COC(=O)CCCCCCC/C=C\C/C=C\C=C\C(CC)C(CC(=O)O)C(=O)O)C(CC(=O)O)C(=O)O. The van der Waals surface area contributed by atoms with Gasteiger partial charge in [0.05, 0.1) is 37.2 Å². The fourth-order valence-corrected chi connectivity index (χ4v) is 10.1. The topological polar surface area (TPSA) is 295 Å². The van der Waals surface area contributed by atoms with Gasteiger partial charge < -0.3 is 49.6 Å². The number of carboxylic acids is 4. The van der Waals surface area contributed by atoms with Gasteiger partial charge in [-0.15, -0.1) is 0 Å². The van der Waals surface area contributed by atoms with Crippen molar-refractivity contribution < 1.29 is 87.9 Å². The first kappa shape index (κ1) is 82.1. The van der Waals surface area contributed by atoms with Crippen LogP contribution >= 0.6 is 0 Å². The maximum Gasteiger partial charge on any atom is 0.309 e. The average molecular weight is 1240 g/mol. The van der Waals surface area contributed by atoms with E-state index in [1.807, 2.05) is 56.4 Å². The second kappa shape index (κ2) is 56.4. The molecule has 88 heavy (non-hydrogen) atoms. The van der Waals surface area contributed by atoms with Crippen LogP contribution < -0.4 is 0 Å². The van der Waals surface area contributed by atoms with Gasteiger partial charge in [0.1, 0.15) is 25.9 Å². The molecule has 18 heteroatoms. The zero-order valence-corrected chi connectivity index (χ0v) is 54.0. The maximum absolute atomic E-state index is 13.0. The Labute approximate surface area is 526 Å². The van der Waals surface area contributed by atoms with Crippen molar-refractivity contribution in [3.05, 3.63) is 72.9 Å². The van der Waals surface area contributed by atoms with Crippen LogP contribution in [-0.2, 0) is 57.3 Å². The molecule has 0 aliphatic rings. The molecule has 0 aliphatic heterocycles. The minimum absolute atomic E-state index is 0.00862. The van der Waals surface area contributed by atoms with Gasteiger partial charge in [0.15, 0.2) is 6.10 Å². The van der Waals surface area contributed by atoms with E-state index < -0.39 is 91.2 Å². The lowest BCUT2D eigenvalue weighted by atomic mass is 9.84. The van der Waals surface area contributed by atoms with E-state index >= 15 is 0 Å². The number of carbonyl (C=O) groups is 8. The molecule has 0 saturated carbocycles. The Balaban J connectivity index is 5.16. The van der Waals surface area contributed by atoms with Crippen molar-refractivity contribution in [3.8, 4) is 0 Å². The van der Waals surface area contributed by atoms with Gasteiger partial charge in [-0.2, -0.15) is 0 Å². The highest BCUT2D eigenvalue weighted by atomic mass is 16.6. The summed E-state index contributed by atoms with van der Waals surface area (Å²) in [6.45, 7) is 6.72. The first-order chi connectivity index (χ1) is 42.4. The standard InChI is InChI=1S/C70H114O18/c1-5-8-10-26-36-44-58(62(69(82)83)50-64(75)76)45-37-29-24-25-32-40-48-67(79)88-60(53-85-65(77)46-38-30-22-18-14-12-11-13-16-20-27-34-41-56(7-3)61(68(80)81)49-63(73)74)54-86-66(78)47-39-31-23-19-15-17-21-28-35-43-57(42-33-9-6-2)55(4)70(84)87-52-59(72)51-71/h11,13,20-21,27-28,34-35,37,41,43,45,55-62,71-72H,5-10,12,14-19,22-26,29-33,36,38-40,42,44,46-54H2,1-4H3,(H,73,74)(H,75,76)(H,80,81)(H,82,83)/b13-11-,27-20-,28-21-,41-34+,43-35+,45-37+. The second-order valence-electron chi connectivity index (χ2n) is 23.2. The molecule has 0 aliphatic carbocycles. The Morgan fingerprint density at radius 3 is 1.41 bits per heavy atom. The summed E-state index contributed by atoms with van der Waals surface area (Å²) in [7, 11) is 0. The van der Waals surface area contributed by atoms with Crippen molar-refractivity contribution in [3.63, 3.8) is 0 Å². The molecule has 0 amide bonds. The lowest BCUT2D eigenvalue weighted by Crippen LogP contribution is -2.30. The van der Waals surface area contributed by atoms with Crippen LogP contribution in [0.4, 0.5) is 0 Å². The molecule has 8 atom stereocenters. The van der Waals surface area contributed by atoms with Gasteiger partial charge in [-0.25, -0.2) is 0 Å². The average Bonchev–Trinajstić information content (AvgIpc) is 3.71. The van der Waals surface area contributed by atoms with Gasteiger partial charge >= 0.3 is 47.8 Å². The molecule has 18 nitrogen and oxygen atoms in total. The zero-order valence-electron chi connectivity index (χ0n) is 54.0. The Kier molecular flexibility index (Phi) is 52.6. The second-order valence-corrected chi connectivity index (χ2v) is 23.2. The minimum atomic E-state index is -1.13. The minimum Gasteiger partial charge on any atom is -0.481 e. The summed E-state index contributed by atoms with van der Waals surface area (Å²) in [6, 6.07) is 0. The van der Waals surface area contributed by atoms with Crippen LogP contribution in [0.25, 0.3) is 0 Å². The summed E-state index contributed by atoms with van der Waals surface area (Å²) in [5.41, 5.74) is 0. The van der Waals surface area contributed by atoms with Crippen LogP contribution in [0.5, 0.6) is 0 Å². The molecule has 0 rings (SSSR count). The number of allylic oxidation sites excluding steroid dienone is 12. The van der Waals surface area contributed by atoms with Crippen LogP contribution in [-0.4, -0.2) is 117 Å². The third-order valence-electron chi connectivity index (χ3n) is 15.6. The molecule has 0 fully saturated rings. The molecule has 0 heterocycles. The quantitative estimate of drug-likeness (QED) is 0.0108. The summed E-state index contributed by atoms with van der Waals surface area (Å²) < 4.78 is 22.0. The maximum atomic E-state index is 13.0. The summed E-state index contributed by atoms with van der Waals surface area (Å²) in [6.07, 6.45) is 46.0. The number of aliphatic carboxylic acids is 4. The number of esters is 4. The highest BCUT2D eigenvalue weighted by Crippen LogP contribution is 2.27. The molecule has 0 saturated heterocycles. The van der Waals surface area contributed by atoms with E-state index in [1.165, 1.54) is 0 Å². The molecule has 6 N–H and O–H groups in total. The smallest absolute Gasteiger partial charge is 0.309 e. The number of aliphatic hydroxyl groups is 2. The van der Waals surface area contributed by atoms with Crippen molar-refractivity contribution >= 4 is 47.8 Å². The molecule has 0 aromatic carbocycles. The largest absolute Gasteiger partial charge is 0.481 e. The molecule has 8 unspecified atom stereocenters. The fourth-order valence-electron chi connectivity index (χ4n) is 10.1. The lowest BCUT2D eigenvalue weighted by molar-refractivity contribution is -0.167. The number of unbranched alkanes of at least 4 members (excludes halogenated alkanes) is 20. The molecule has 0 aromatic heterocycles. The Morgan fingerprint density at radius 1 is 0.432 bits per heavy atom. The van der Waals surface area contributed by atoms with E-state index in [-0.39, 0.29) is 62.8 Å². The summed E-state index contributed by atoms with van der Waals surface area (Å²) >= 11 is 0. The lowest BCUT2D eigenvalue weighted by Gasteiger charge is -2.20. The summed E-state index contributed by atoms with van der Waals surface area (Å²) in [4.78, 5) is 97.4. The van der Waals surface area contributed by atoms with Gasteiger partial charge in [0.2, 0.25) is 0 Å². The van der Waals surface area contributed by atoms with Gasteiger partial charge in [-0.3, -0.25) is 38.4 Å².